The van der Waals surface area contributed by atoms with Crippen molar-refractivity contribution in [1.29, 1.82) is 0 Å². The van der Waals surface area contributed by atoms with E-state index in [4.69, 9.17) is 0 Å². The molecule has 0 unspecified atom stereocenters. The molecule has 31 heavy (non-hydrogen) atoms. The number of rotatable bonds is 7. The first-order valence-corrected chi connectivity index (χ1v) is 11.7. The molecule has 2 aromatic heterocycles. The van der Waals surface area contributed by atoms with Crippen LogP contribution in [0.2, 0.25) is 0 Å². The second kappa shape index (κ2) is 10.5. The lowest BCUT2D eigenvalue weighted by atomic mass is 10.2. The summed E-state index contributed by atoms with van der Waals surface area (Å²) in [7, 11) is 2.17. The molecule has 0 atom stereocenters. The fraction of sp³-hybridized carbons (Fsp3) is 0.375. The smallest absolute Gasteiger partial charge is 0.226 e. The normalized spacial score (nSPS) is 14.9. The second-order valence-corrected chi connectivity index (χ2v) is 8.96. The van der Waals surface area contributed by atoms with Crippen molar-refractivity contribution in [2.24, 2.45) is 0 Å². The molecule has 1 amide bonds. The summed E-state index contributed by atoms with van der Waals surface area (Å²) in [6.07, 6.45) is 4.13. The fourth-order valence-corrected chi connectivity index (χ4v) is 4.52. The minimum atomic E-state index is -0.0174. The number of aromatic nitrogens is 2. The summed E-state index contributed by atoms with van der Waals surface area (Å²) in [6, 6.07) is 14.4. The molecular formula is C24H29N5OS. The quantitative estimate of drug-likeness (QED) is 0.618. The number of nitrogens with zero attached hydrogens (tertiary/aromatic N) is 4. The van der Waals surface area contributed by atoms with Crippen LogP contribution in [0.1, 0.15) is 28.2 Å². The Bertz CT molecular complexity index is 973. The maximum Gasteiger partial charge on any atom is 0.226 e. The Morgan fingerprint density at radius 2 is 1.94 bits per heavy atom. The van der Waals surface area contributed by atoms with Gasteiger partial charge in [-0.1, -0.05) is 36.4 Å². The van der Waals surface area contributed by atoms with E-state index in [-0.39, 0.29) is 5.91 Å². The van der Waals surface area contributed by atoms with Crippen LogP contribution in [-0.4, -0.2) is 54.0 Å². The number of pyridine rings is 1. The predicted octanol–water partition coefficient (Wildman–Crippen LogP) is 3.13. The number of nitrogens with one attached hydrogen (secondary N) is 1. The van der Waals surface area contributed by atoms with Crippen molar-refractivity contribution in [3.8, 4) is 0 Å². The number of likely N-dealkylation sites (N-methyl/N-ethyl adjacent to an activating group) is 1. The predicted molar refractivity (Wildman–Crippen MR) is 125 cm³/mol. The average molecular weight is 436 g/mol. The van der Waals surface area contributed by atoms with Gasteiger partial charge in [-0.25, -0.2) is 9.97 Å². The minimum absolute atomic E-state index is 0.0174. The second-order valence-electron chi connectivity index (χ2n) is 8.02. The molecule has 0 saturated carbocycles. The van der Waals surface area contributed by atoms with Crippen molar-refractivity contribution in [3.05, 3.63) is 75.9 Å². The Labute approximate surface area is 187 Å². The molecule has 1 aromatic carbocycles. The highest BCUT2D eigenvalue weighted by Gasteiger charge is 2.14. The molecule has 0 aliphatic carbocycles. The Hall–Kier alpha value is -2.77. The highest BCUT2D eigenvalue weighted by atomic mass is 32.1. The van der Waals surface area contributed by atoms with E-state index in [9.17, 15) is 4.79 Å². The van der Waals surface area contributed by atoms with Gasteiger partial charge in [-0.3, -0.25) is 4.79 Å². The highest BCUT2D eigenvalue weighted by molar-refractivity contribution is 7.09. The Morgan fingerprint density at radius 3 is 2.74 bits per heavy atom. The lowest BCUT2D eigenvalue weighted by Gasteiger charge is -2.21. The lowest BCUT2D eigenvalue weighted by molar-refractivity contribution is -0.120. The van der Waals surface area contributed by atoms with Crippen molar-refractivity contribution < 1.29 is 4.79 Å². The summed E-state index contributed by atoms with van der Waals surface area (Å²) in [5, 5.41) is 6.00. The van der Waals surface area contributed by atoms with Gasteiger partial charge >= 0.3 is 0 Å². The van der Waals surface area contributed by atoms with Gasteiger partial charge in [0.25, 0.3) is 0 Å². The zero-order valence-corrected chi connectivity index (χ0v) is 18.8. The number of thiazole rings is 1. The molecule has 1 aliphatic rings. The maximum absolute atomic E-state index is 12.4. The maximum atomic E-state index is 12.4. The van der Waals surface area contributed by atoms with E-state index in [2.05, 4.69) is 56.4 Å². The fourth-order valence-electron chi connectivity index (χ4n) is 3.69. The molecule has 3 heterocycles. The molecule has 0 spiro atoms. The molecular weight excluding hydrogens is 406 g/mol. The topological polar surface area (TPSA) is 61.4 Å². The van der Waals surface area contributed by atoms with Crippen LogP contribution in [0, 0.1) is 0 Å². The Balaban J connectivity index is 1.24. The molecule has 1 aliphatic heterocycles. The molecule has 162 valence electrons. The Kier molecular flexibility index (Phi) is 7.27. The number of amides is 1. The summed E-state index contributed by atoms with van der Waals surface area (Å²) in [4.78, 5) is 26.3. The zero-order valence-electron chi connectivity index (χ0n) is 18.0. The number of benzene rings is 1. The number of carbonyl (C=O) groups is 1. The third-order valence-corrected chi connectivity index (χ3v) is 6.38. The molecule has 1 saturated heterocycles. The summed E-state index contributed by atoms with van der Waals surface area (Å²) in [5.74, 6) is 0.995. The van der Waals surface area contributed by atoms with Crippen LogP contribution in [0.4, 0.5) is 5.82 Å². The number of anilines is 1. The van der Waals surface area contributed by atoms with Crippen molar-refractivity contribution >= 4 is 23.1 Å². The van der Waals surface area contributed by atoms with E-state index in [1.807, 2.05) is 29.8 Å². The number of hydrogen-bond acceptors (Lipinski definition) is 6. The van der Waals surface area contributed by atoms with E-state index in [0.717, 1.165) is 61.1 Å². The average Bonchev–Trinajstić information content (AvgIpc) is 3.10. The van der Waals surface area contributed by atoms with E-state index < -0.39 is 0 Å². The molecule has 1 N–H and O–H groups in total. The van der Waals surface area contributed by atoms with Gasteiger partial charge in [-0.05, 0) is 37.2 Å². The number of hydrogen-bond donors (Lipinski definition) is 1. The van der Waals surface area contributed by atoms with Crippen molar-refractivity contribution in [2.75, 3.05) is 38.1 Å². The van der Waals surface area contributed by atoms with Gasteiger partial charge in [0, 0.05) is 44.2 Å². The number of carbonyl (C=O) groups excluding carboxylic acids is 1. The van der Waals surface area contributed by atoms with Crippen LogP contribution in [0.3, 0.4) is 0 Å². The van der Waals surface area contributed by atoms with E-state index in [1.54, 1.807) is 11.3 Å². The SMILES string of the molecule is CN1CCCN(c2ccc(CNC(=O)Cc3csc(Cc4ccccc4)n3)cn2)CC1. The van der Waals surface area contributed by atoms with Gasteiger partial charge in [-0.15, -0.1) is 11.3 Å². The molecule has 0 radical (unpaired) electrons. The van der Waals surface area contributed by atoms with E-state index in [0.29, 0.717) is 13.0 Å². The summed E-state index contributed by atoms with van der Waals surface area (Å²) < 4.78 is 0. The van der Waals surface area contributed by atoms with Gasteiger partial charge in [0.05, 0.1) is 17.1 Å². The minimum Gasteiger partial charge on any atom is -0.355 e. The largest absolute Gasteiger partial charge is 0.355 e. The van der Waals surface area contributed by atoms with Crippen LogP contribution in [0.5, 0.6) is 0 Å². The van der Waals surface area contributed by atoms with Crippen LogP contribution in [0.25, 0.3) is 0 Å². The van der Waals surface area contributed by atoms with Gasteiger partial charge in [0.15, 0.2) is 0 Å². The molecule has 1 fully saturated rings. The van der Waals surface area contributed by atoms with Crippen LogP contribution < -0.4 is 10.2 Å². The summed E-state index contributed by atoms with van der Waals surface area (Å²) >= 11 is 1.61. The van der Waals surface area contributed by atoms with Crippen LogP contribution in [0.15, 0.2) is 54.0 Å². The zero-order chi connectivity index (χ0) is 21.5. The molecule has 4 rings (SSSR count). The van der Waals surface area contributed by atoms with Crippen LogP contribution in [-0.2, 0) is 24.2 Å². The van der Waals surface area contributed by atoms with Gasteiger partial charge < -0.3 is 15.1 Å². The summed E-state index contributed by atoms with van der Waals surface area (Å²) in [6.45, 7) is 4.71. The monoisotopic (exact) mass is 435 g/mol. The Morgan fingerprint density at radius 1 is 1.06 bits per heavy atom. The lowest BCUT2D eigenvalue weighted by Crippen LogP contribution is -2.29. The first-order chi connectivity index (χ1) is 15.2. The highest BCUT2D eigenvalue weighted by Crippen LogP contribution is 2.16. The third-order valence-electron chi connectivity index (χ3n) is 5.48. The van der Waals surface area contributed by atoms with Gasteiger partial charge in [0.1, 0.15) is 5.82 Å². The van der Waals surface area contributed by atoms with Crippen molar-refractivity contribution in [1.82, 2.24) is 20.2 Å². The molecule has 7 heteroatoms. The van der Waals surface area contributed by atoms with Gasteiger partial charge in [0.2, 0.25) is 5.91 Å². The molecule has 3 aromatic rings. The van der Waals surface area contributed by atoms with Gasteiger partial charge in [-0.2, -0.15) is 0 Å². The third kappa shape index (κ3) is 6.35. The summed E-state index contributed by atoms with van der Waals surface area (Å²) in [5.41, 5.74) is 3.07. The van der Waals surface area contributed by atoms with Crippen LogP contribution >= 0.6 is 11.3 Å². The van der Waals surface area contributed by atoms with E-state index >= 15 is 0 Å². The first kappa shape index (κ1) is 21.5. The van der Waals surface area contributed by atoms with E-state index in [1.165, 1.54) is 5.56 Å². The first-order valence-electron chi connectivity index (χ1n) is 10.8. The van der Waals surface area contributed by atoms with Crippen molar-refractivity contribution in [3.63, 3.8) is 0 Å². The molecule has 0 bridgehead atoms. The van der Waals surface area contributed by atoms with Crippen molar-refractivity contribution in [2.45, 2.75) is 25.8 Å². The molecule has 6 nitrogen and oxygen atoms in total. The standard InChI is InChI=1S/C24H29N5OS/c1-28-10-5-11-29(13-12-28)22-9-8-20(16-25-22)17-26-23(30)15-21-18-31-24(27-21)14-19-6-3-2-4-7-19/h2-4,6-9,16,18H,5,10-15,17H2,1H3,(H,26,30).